The zero-order valence-electron chi connectivity index (χ0n) is 29.6. The van der Waals surface area contributed by atoms with Crippen LogP contribution in [0, 0.1) is 0 Å². The van der Waals surface area contributed by atoms with Gasteiger partial charge in [-0.2, -0.15) is 0 Å². The molecule has 1 aliphatic heterocycles. The van der Waals surface area contributed by atoms with Crippen molar-refractivity contribution in [1.29, 1.82) is 0 Å². The minimum absolute atomic E-state index is 0.171. The summed E-state index contributed by atoms with van der Waals surface area (Å²) in [4.78, 5) is 13.9. The zero-order chi connectivity index (χ0) is 35.1. The molecule has 2 atom stereocenters. The summed E-state index contributed by atoms with van der Waals surface area (Å²) in [5, 5.41) is 2.07. The predicted octanol–water partition coefficient (Wildman–Crippen LogP) is 7.30. The molecule has 262 valence electrons. The lowest BCUT2D eigenvalue weighted by atomic mass is 10.1. The highest BCUT2D eigenvalue weighted by molar-refractivity contribution is 6.99. The molecule has 8 heteroatoms. The van der Waals surface area contributed by atoms with Gasteiger partial charge >= 0.3 is 5.97 Å². The fourth-order valence-corrected chi connectivity index (χ4v) is 10.5. The first-order chi connectivity index (χ1) is 23.7. The van der Waals surface area contributed by atoms with Gasteiger partial charge in [0.1, 0.15) is 11.9 Å². The van der Waals surface area contributed by atoms with Gasteiger partial charge in [-0.05, 0) is 58.9 Å². The molecule has 0 N–H and O–H groups in total. The molecule has 0 spiro atoms. The lowest BCUT2D eigenvalue weighted by Gasteiger charge is -2.43. The van der Waals surface area contributed by atoms with Crippen LogP contribution in [0.1, 0.15) is 52.5 Å². The summed E-state index contributed by atoms with van der Waals surface area (Å²) in [6.45, 7) is 14.2. The van der Waals surface area contributed by atoms with Crippen LogP contribution in [0.4, 0.5) is 0 Å². The quantitative estimate of drug-likeness (QED) is 0.0603. The van der Waals surface area contributed by atoms with Crippen LogP contribution in [0.5, 0.6) is 5.75 Å². The topological polar surface area (TPSA) is 72.5 Å². The summed E-state index contributed by atoms with van der Waals surface area (Å²) in [7, 11) is -1.27. The van der Waals surface area contributed by atoms with Crippen molar-refractivity contribution in [2.24, 2.45) is 0 Å². The number of ether oxygens (including phenoxy) is 5. The molecular formula is C41H52O7Si. The summed E-state index contributed by atoms with van der Waals surface area (Å²) in [5.74, 6) is 0.319. The van der Waals surface area contributed by atoms with E-state index in [9.17, 15) is 4.79 Å². The molecule has 0 aromatic heterocycles. The lowest BCUT2D eigenvalue weighted by Crippen LogP contribution is -2.67. The number of carbonyl (C=O) groups excluding carboxylic acids is 1. The molecular weight excluding hydrogens is 633 g/mol. The molecule has 1 heterocycles. The van der Waals surface area contributed by atoms with Gasteiger partial charge < -0.3 is 28.1 Å². The van der Waals surface area contributed by atoms with Crippen LogP contribution in [0.3, 0.4) is 0 Å². The molecule has 3 aromatic rings. The van der Waals surface area contributed by atoms with Gasteiger partial charge in [0.2, 0.25) is 0 Å². The van der Waals surface area contributed by atoms with E-state index in [-0.39, 0.29) is 24.5 Å². The molecule has 1 saturated heterocycles. The highest BCUT2D eigenvalue weighted by Crippen LogP contribution is 2.37. The van der Waals surface area contributed by atoms with E-state index >= 15 is 0 Å². The molecule has 1 fully saturated rings. The normalized spacial score (nSPS) is 15.7. The number of hydrogen-bond acceptors (Lipinski definition) is 7. The maximum absolute atomic E-state index is 13.9. The standard InChI is InChI=1S/C41H52O7Si/c1-7-8-19-38(46-30-33-22-25-34(43-6)26-23-33)40(42)48-35(24-20-32(2)21-27-39-44-28-29-45-39)31-47-49(41(3,4)5,36-15-11-9-12-16-36)37-17-13-10-14-18-37/h7,9-18,20-26,35,38-39H,1,8,19,27-31H2,2-6H3/b24-20+,32-21+. The Morgan fingerprint density at radius 2 is 1.57 bits per heavy atom. The Morgan fingerprint density at radius 1 is 0.959 bits per heavy atom. The number of methoxy groups -OCH3 is 1. The van der Waals surface area contributed by atoms with E-state index in [1.807, 2.05) is 55.5 Å². The Kier molecular flexibility index (Phi) is 14.6. The summed E-state index contributed by atoms with van der Waals surface area (Å²) >= 11 is 0. The number of allylic oxidation sites excluding steroid dienone is 3. The third-order valence-corrected chi connectivity index (χ3v) is 13.6. The van der Waals surface area contributed by atoms with Gasteiger partial charge in [-0.1, -0.05) is 117 Å². The maximum Gasteiger partial charge on any atom is 0.335 e. The Labute approximate surface area is 293 Å². The summed E-state index contributed by atoms with van der Waals surface area (Å²) in [5.41, 5.74) is 1.93. The number of esters is 1. The van der Waals surface area contributed by atoms with E-state index in [1.54, 1.807) is 13.2 Å². The highest BCUT2D eigenvalue weighted by Gasteiger charge is 2.50. The van der Waals surface area contributed by atoms with Gasteiger partial charge in [0, 0.05) is 6.42 Å². The van der Waals surface area contributed by atoms with E-state index in [0.29, 0.717) is 32.5 Å². The Hall–Kier alpha value is -3.79. The SMILES string of the molecule is C=CCCC(OCc1ccc(OC)cc1)C(=O)OC(/C=C/C(C)=C/CC1OCCO1)CO[Si](c1ccccc1)(c1ccccc1)C(C)(C)C. The van der Waals surface area contributed by atoms with Gasteiger partial charge in [0.05, 0.1) is 33.5 Å². The average Bonchev–Trinajstić information content (AvgIpc) is 3.64. The van der Waals surface area contributed by atoms with E-state index in [0.717, 1.165) is 27.3 Å². The summed E-state index contributed by atoms with van der Waals surface area (Å²) in [6.07, 6.45) is 7.74. The van der Waals surface area contributed by atoms with Crippen molar-refractivity contribution < 1.29 is 32.9 Å². The minimum Gasteiger partial charge on any atom is -0.497 e. The van der Waals surface area contributed by atoms with Crippen LogP contribution in [0.25, 0.3) is 0 Å². The lowest BCUT2D eigenvalue weighted by molar-refractivity contribution is -0.163. The highest BCUT2D eigenvalue weighted by atomic mass is 28.4. The van der Waals surface area contributed by atoms with Crippen LogP contribution < -0.4 is 15.1 Å². The van der Waals surface area contributed by atoms with Crippen molar-refractivity contribution in [1.82, 2.24) is 0 Å². The number of carbonyl (C=O) groups is 1. The molecule has 0 radical (unpaired) electrons. The summed E-state index contributed by atoms with van der Waals surface area (Å²) < 4.78 is 36.1. The van der Waals surface area contributed by atoms with Gasteiger partial charge in [-0.15, -0.1) is 6.58 Å². The molecule has 7 nitrogen and oxygen atoms in total. The molecule has 0 bridgehead atoms. The Morgan fingerprint density at radius 3 is 2.12 bits per heavy atom. The first kappa shape index (κ1) is 38.0. The van der Waals surface area contributed by atoms with Crippen molar-refractivity contribution in [2.45, 2.75) is 77.1 Å². The molecule has 0 amide bonds. The molecule has 4 rings (SSSR count). The molecule has 0 aliphatic carbocycles. The zero-order valence-corrected chi connectivity index (χ0v) is 30.6. The number of rotatable bonds is 18. The van der Waals surface area contributed by atoms with Crippen molar-refractivity contribution in [3.05, 3.63) is 127 Å². The van der Waals surface area contributed by atoms with Crippen molar-refractivity contribution in [3.63, 3.8) is 0 Å². The second kappa shape index (κ2) is 18.8. The minimum atomic E-state index is -2.90. The molecule has 49 heavy (non-hydrogen) atoms. The smallest absolute Gasteiger partial charge is 0.335 e. The van der Waals surface area contributed by atoms with Gasteiger partial charge in [0.25, 0.3) is 8.32 Å². The molecule has 1 aliphatic rings. The van der Waals surface area contributed by atoms with Crippen LogP contribution in [-0.4, -0.2) is 59.7 Å². The van der Waals surface area contributed by atoms with E-state index < -0.39 is 26.5 Å². The van der Waals surface area contributed by atoms with Gasteiger partial charge in [0.15, 0.2) is 12.4 Å². The van der Waals surface area contributed by atoms with Gasteiger partial charge in [-0.3, -0.25) is 0 Å². The maximum atomic E-state index is 13.9. The van der Waals surface area contributed by atoms with Crippen LogP contribution in [0.15, 0.2) is 121 Å². The molecule has 2 unspecified atom stereocenters. The van der Waals surface area contributed by atoms with Crippen LogP contribution in [0.2, 0.25) is 5.04 Å². The summed E-state index contributed by atoms with van der Waals surface area (Å²) in [6, 6.07) is 28.5. The van der Waals surface area contributed by atoms with Gasteiger partial charge in [-0.25, -0.2) is 4.79 Å². The third kappa shape index (κ3) is 10.8. The number of hydrogen-bond donors (Lipinski definition) is 0. The van der Waals surface area contributed by atoms with E-state index in [2.05, 4.69) is 82.0 Å². The van der Waals surface area contributed by atoms with Crippen molar-refractivity contribution in [2.75, 3.05) is 26.9 Å². The second-order valence-corrected chi connectivity index (χ2v) is 17.5. The van der Waals surface area contributed by atoms with Crippen molar-refractivity contribution in [3.8, 4) is 5.75 Å². The van der Waals surface area contributed by atoms with E-state index in [4.69, 9.17) is 28.1 Å². The van der Waals surface area contributed by atoms with Crippen molar-refractivity contribution >= 4 is 24.7 Å². The van der Waals surface area contributed by atoms with Crippen LogP contribution >= 0.6 is 0 Å². The fraction of sp³-hybridized carbons (Fsp3) is 0.390. The largest absolute Gasteiger partial charge is 0.497 e. The first-order valence-electron chi connectivity index (χ1n) is 17.1. The third-order valence-electron chi connectivity index (χ3n) is 8.55. The monoisotopic (exact) mass is 684 g/mol. The average molecular weight is 685 g/mol. The second-order valence-electron chi connectivity index (χ2n) is 13.2. The molecule has 3 aromatic carbocycles. The molecule has 0 saturated carbocycles. The van der Waals surface area contributed by atoms with Crippen LogP contribution in [-0.2, 0) is 34.8 Å². The van der Waals surface area contributed by atoms with E-state index in [1.165, 1.54) is 0 Å². The predicted molar refractivity (Wildman–Crippen MR) is 198 cm³/mol. The fourth-order valence-electron chi connectivity index (χ4n) is 5.93. The first-order valence-corrected chi connectivity index (χ1v) is 19.0. The Bertz CT molecular complexity index is 1450. The Balaban J connectivity index is 1.61. The number of benzene rings is 3.